The molecule has 0 unspecified atom stereocenters. The van der Waals surface area contributed by atoms with E-state index in [0.29, 0.717) is 9.50 Å². The molecule has 44 valence electrons. The van der Waals surface area contributed by atoms with Crippen molar-refractivity contribution in [1.82, 2.24) is 0 Å². The molecule has 0 rings (SSSR count). The van der Waals surface area contributed by atoms with E-state index in [9.17, 15) is 0 Å². The predicted octanol–water partition coefficient (Wildman–Crippen LogP) is 2.40. The van der Waals surface area contributed by atoms with Crippen molar-refractivity contribution in [2.45, 2.75) is 38.7 Å². The third-order valence-corrected chi connectivity index (χ3v) is 2.25. The fraction of sp³-hybridized carbons (Fsp3) is 1.00. The second-order valence-electron chi connectivity index (χ2n) is 4.50. The number of rotatable bonds is 0. The molecule has 0 N–H and O–H groups in total. The SMILES string of the molecule is [Li][C](C)(C)C(C)(C)C. The van der Waals surface area contributed by atoms with Gasteiger partial charge in [0.2, 0.25) is 0 Å². The van der Waals surface area contributed by atoms with Crippen LogP contribution in [0.4, 0.5) is 0 Å². The van der Waals surface area contributed by atoms with Crippen LogP contribution in [0.1, 0.15) is 34.6 Å². The summed E-state index contributed by atoms with van der Waals surface area (Å²) in [4.78, 5) is 0. The van der Waals surface area contributed by atoms with Crippen molar-refractivity contribution in [3.05, 3.63) is 0 Å². The van der Waals surface area contributed by atoms with Crippen LogP contribution in [-0.2, 0) is 0 Å². The summed E-state index contributed by atoms with van der Waals surface area (Å²) in [6.45, 7) is 11.4. The van der Waals surface area contributed by atoms with Crippen LogP contribution in [0.15, 0.2) is 0 Å². The van der Waals surface area contributed by atoms with Crippen LogP contribution in [0.25, 0.3) is 0 Å². The summed E-state index contributed by atoms with van der Waals surface area (Å²) in [5.74, 6) is 0. The quantitative estimate of drug-likeness (QED) is 0.416. The van der Waals surface area contributed by atoms with Gasteiger partial charge in [0.1, 0.15) is 0 Å². The molecule has 8 heavy (non-hydrogen) atoms. The van der Waals surface area contributed by atoms with Crippen molar-refractivity contribution in [2.24, 2.45) is 5.41 Å². The van der Waals surface area contributed by atoms with E-state index in [0.717, 1.165) is 0 Å². The van der Waals surface area contributed by atoms with Gasteiger partial charge in [0, 0.05) is 0 Å². The van der Waals surface area contributed by atoms with E-state index in [2.05, 4.69) is 52.3 Å². The van der Waals surface area contributed by atoms with E-state index in [1.807, 2.05) is 0 Å². The van der Waals surface area contributed by atoms with Gasteiger partial charge in [-0.25, -0.2) is 0 Å². The molecule has 0 nitrogen and oxygen atoms in total. The Morgan fingerprint density at radius 1 is 0.875 bits per heavy atom. The summed E-state index contributed by atoms with van der Waals surface area (Å²) in [5.41, 5.74) is 0.438. The van der Waals surface area contributed by atoms with Gasteiger partial charge in [-0.1, -0.05) is 0 Å². The molecular weight excluding hydrogens is 91.0 g/mol. The van der Waals surface area contributed by atoms with Gasteiger partial charge in [0.15, 0.2) is 0 Å². The van der Waals surface area contributed by atoms with E-state index in [-0.39, 0.29) is 0 Å². The molecule has 0 amide bonds. The average molecular weight is 106 g/mol. The Balaban J connectivity index is 4.02. The van der Waals surface area contributed by atoms with Crippen LogP contribution >= 0.6 is 0 Å². The van der Waals surface area contributed by atoms with Gasteiger partial charge in [0.05, 0.1) is 0 Å². The Labute approximate surface area is 62.3 Å². The van der Waals surface area contributed by atoms with Gasteiger partial charge in [-0.05, 0) is 0 Å². The van der Waals surface area contributed by atoms with Crippen molar-refractivity contribution >= 4 is 17.7 Å². The molecule has 0 heterocycles. The zero-order valence-electron chi connectivity index (χ0n) is 7.00. The Morgan fingerprint density at radius 2 is 1.00 bits per heavy atom. The topological polar surface area (TPSA) is 0 Å². The van der Waals surface area contributed by atoms with Crippen molar-refractivity contribution in [1.29, 1.82) is 0 Å². The molecule has 0 aliphatic rings. The molecule has 0 aromatic heterocycles. The molecule has 1 heteroatoms. The first kappa shape index (κ1) is 8.60. The Bertz CT molecular complexity index is 59.4. The number of hydrogen-bond donors (Lipinski definition) is 0. The normalized spacial score (nSPS) is 14.4. The average Bonchev–Trinajstić information content (AvgIpc) is 1.25. The second-order valence-corrected chi connectivity index (χ2v) is 4.50. The van der Waals surface area contributed by atoms with Crippen LogP contribution in [-0.4, -0.2) is 17.7 Å². The molecule has 0 atom stereocenters. The summed E-state index contributed by atoms with van der Waals surface area (Å²) in [5, 5.41) is 0. The molecule has 0 aliphatic carbocycles. The Hall–Kier alpha value is 0.597. The molecule has 0 saturated carbocycles. The van der Waals surface area contributed by atoms with Gasteiger partial charge in [-0.3, -0.25) is 0 Å². The Morgan fingerprint density at radius 3 is 1.00 bits per heavy atom. The predicted molar refractivity (Wildman–Crippen MR) is 39.2 cm³/mol. The van der Waals surface area contributed by atoms with E-state index in [1.165, 1.54) is 0 Å². The monoisotopic (exact) mass is 106 g/mol. The van der Waals surface area contributed by atoms with Crippen LogP contribution < -0.4 is 0 Å². The molecule has 0 bridgehead atoms. The van der Waals surface area contributed by atoms with Crippen molar-refractivity contribution < 1.29 is 0 Å². The second kappa shape index (κ2) is 2.08. The van der Waals surface area contributed by atoms with Gasteiger partial charge in [-0.15, -0.1) is 0 Å². The minimum atomic E-state index is 0.437. The third kappa shape index (κ3) is 2.24. The standard InChI is InChI=1S/C7H15.Li/c1-6(2)7(3,4)5;/h1-5H3;. The van der Waals surface area contributed by atoms with Crippen LogP contribution in [0.2, 0.25) is 4.09 Å². The van der Waals surface area contributed by atoms with Crippen LogP contribution in [0.3, 0.4) is 0 Å². The van der Waals surface area contributed by atoms with Crippen LogP contribution in [0.5, 0.6) is 0 Å². The minimum absolute atomic E-state index is 0.437. The van der Waals surface area contributed by atoms with Crippen molar-refractivity contribution in [3.63, 3.8) is 0 Å². The van der Waals surface area contributed by atoms with E-state index >= 15 is 0 Å². The first-order chi connectivity index (χ1) is 3.25. The maximum absolute atomic E-state index is 2.27. The summed E-state index contributed by atoms with van der Waals surface area (Å²) in [7, 11) is 0. The molecular formula is C7H15Li. The van der Waals surface area contributed by atoms with Crippen molar-refractivity contribution in [3.8, 4) is 0 Å². The molecule has 0 spiro atoms. The molecule has 0 fully saturated rings. The number of hydrogen-bond acceptors (Lipinski definition) is 0. The third-order valence-electron chi connectivity index (χ3n) is 2.25. The zero-order chi connectivity index (χ0) is 7.00. The first-order valence-electron chi connectivity index (χ1n) is 3.25. The molecule has 0 aliphatic heterocycles. The van der Waals surface area contributed by atoms with E-state index in [4.69, 9.17) is 0 Å². The maximum atomic E-state index is 2.27. The van der Waals surface area contributed by atoms with Gasteiger partial charge in [0.25, 0.3) is 0 Å². The van der Waals surface area contributed by atoms with Gasteiger partial charge >= 0.3 is 61.8 Å². The summed E-state index contributed by atoms with van der Waals surface area (Å²) >= 11 is 2.27. The van der Waals surface area contributed by atoms with Gasteiger partial charge in [-0.2, -0.15) is 0 Å². The molecule has 0 radical (unpaired) electrons. The first-order valence-corrected chi connectivity index (χ1v) is 3.25. The van der Waals surface area contributed by atoms with Gasteiger partial charge < -0.3 is 0 Å². The van der Waals surface area contributed by atoms with E-state index < -0.39 is 0 Å². The fourth-order valence-electron chi connectivity index (χ4n) is 0. The molecule has 0 saturated heterocycles. The molecule has 0 aromatic rings. The summed E-state index contributed by atoms with van der Waals surface area (Å²) in [6, 6.07) is 0. The van der Waals surface area contributed by atoms with E-state index in [1.54, 1.807) is 0 Å². The Kier molecular flexibility index (Phi) is 2.24. The summed E-state index contributed by atoms with van der Waals surface area (Å²) < 4.78 is 0.437. The van der Waals surface area contributed by atoms with Crippen LogP contribution in [0, 0.1) is 5.41 Å². The van der Waals surface area contributed by atoms with Crippen molar-refractivity contribution in [2.75, 3.05) is 0 Å². The zero-order valence-corrected chi connectivity index (χ0v) is 7.00. The fourth-order valence-corrected chi connectivity index (χ4v) is 0. The molecule has 0 aromatic carbocycles. The summed E-state index contributed by atoms with van der Waals surface area (Å²) in [6.07, 6.45) is 0.